The predicted octanol–water partition coefficient (Wildman–Crippen LogP) is 1.02. The molecule has 2 N–H and O–H groups in total. The largest absolute Gasteiger partial charge is 0.327 e. The Hall–Kier alpha value is -0.150. The fourth-order valence-electron chi connectivity index (χ4n) is 0.978. The number of halogens is 1. The van der Waals surface area contributed by atoms with Crippen LogP contribution in [0.15, 0.2) is 0 Å². The van der Waals surface area contributed by atoms with E-state index in [-0.39, 0.29) is 6.54 Å². The van der Waals surface area contributed by atoms with Crippen LogP contribution in [0.3, 0.4) is 0 Å². The lowest BCUT2D eigenvalue weighted by molar-refractivity contribution is 0.123. The maximum atomic E-state index is 13.3. The highest BCUT2D eigenvalue weighted by Gasteiger charge is 2.22. The molecule has 1 unspecified atom stereocenters. The van der Waals surface area contributed by atoms with Crippen molar-refractivity contribution in [2.75, 3.05) is 26.2 Å². The molecule has 0 heterocycles. The first-order chi connectivity index (χ1) is 5.05. The van der Waals surface area contributed by atoms with Gasteiger partial charge < -0.3 is 10.6 Å². The SMILES string of the molecule is CCN(CC)CC(C)(F)CN. The van der Waals surface area contributed by atoms with Crippen molar-refractivity contribution in [1.82, 2.24) is 4.90 Å². The molecule has 68 valence electrons. The van der Waals surface area contributed by atoms with Crippen molar-refractivity contribution in [3.8, 4) is 0 Å². The van der Waals surface area contributed by atoms with Gasteiger partial charge in [0.2, 0.25) is 0 Å². The molecule has 0 aliphatic heterocycles. The Morgan fingerprint density at radius 3 is 2.09 bits per heavy atom. The molecule has 0 fully saturated rings. The lowest BCUT2D eigenvalue weighted by Crippen LogP contribution is -2.42. The van der Waals surface area contributed by atoms with E-state index in [2.05, 4.69) is 0 Å². The second-order valence-electron chi connectivity index (χ2n) is 3.08. The van der Waals surface area contributed by atoms with E-state index in [0.29, 0.717) is 6.54 Å². The van der Waals surface area contributed by atoms with Gasteiger partial charge in [-0.25, -0.2) is 4.39 Å². The molecule has 0 rings (SSSR count). The lowest BCUT2D eigenvalue weighted by atomic mass is 10.1. The maximum absolute atomic E-state index is 13.3. The molecule has 0 aliphatic carbocycles. The van der Waals surface area contributed by atoms with Crippen molar-refractivity contribution in [3.05, 3.63) is 0 Å². The number of alkyl halides is 1. The first-order valence-electron chi connectivity index (χ1n) is 4.17. The van der Waals surface area contributed by atoms with Gasteiger partial charge in [0.05, 0.1) is 0 Å². The summed E-state index contributed by atoms with van der Waals surface area (Å²) in [6.07, 6.45) is 0. The van der Waals surface area contributed by atoms with Crippen molar-refractivity contribution >= 4 is 0 Å². The zero-order valence-corrected chi connectivity index (χ0v) is 7.73. The van der Waals surface area contributed by atoms with Crippen molar-refractivity contribution in [2.24, 2.45) is 5.73 Å². The van der Waals surface area contributed by atoms with E-state index in [9.17, 15) is 4.39 Å². The molecule has 0 amide bonds. The normalized spacial score (nSPS) is 16.9. The third-order valence-electron chi connectivity index (χ3n) is 1.87. The van der Waals surface area contributed by atoms with E-state index in [4.69, 9.17) is 5.73 Å². The Morgan fingerprint density at radius 2 is 1.82 bits per heavy atom. The Kier molecular flexibility index (Phi) is 4.61. The van der Waals surface area contributed by atoms with Gasteiger partial charge in [-0.05, 0) is 20.0 Å². The van der Waals surface area contributed by atoms with Gasteiger partial charge in [0.15, 0.2) is 0 Å². The van der Waals surface area contributed by atoms with E-state index < -0.39 is 5.67 Å². The zero-order chi connectivity index (χ0) is 8.91. The van der Waals surface area contributed by atoms with Crippen LogP contribution in [0.2, 0.25) is 0 Å². The highest BCUT2D eigenvalue weighted by Crippen LogP contribution is 2.09. The molecule has 0 saturated carbocycles. The fraction of sp³-hybridized carbons (Fsp3) is 1.00. The second-order valence-corrected chi connectivity index (χ2v) is 3.08. The van der Waals surface area contributed by atoms with Gasteiger partial charge >= 0.3 is 0 Å². The molecule has 0 aliphatic rings. The molecule has 2 nitrogen and oxygen atoms in total. The molecule has 0 aromatic heterocycles. The molecule has 0 aromatic rings. The van der Waals surface area contributed by atoms with E-state index in [0.717, 1.165) is 13.1 Å². The predicted molar refractivity (Wildman–Crippen MR) is 46.4 cm³/mol. The topological polar surface area (TPSA) is 29.3 Å². The summed E-state index contributed by atoms with van der Waals surface area (Å²) in [6, 6.07) is 0. The smallest absolute Gasteiger partial charge is 0.133 e. The van der Waals surface area contributed by atoms with Crippen LogP contribution in [-0.4, -0.2) is 36.7 Å². The van der Waals surface area contributed by atoms with E-state index in [1.165, 1.54) is 0 Å². The lowest BCUT2D eigenvalue weighted by Gasteiger charge is -2.26. The van der Waals surface area contributed by atoms with Crippen LogP contribution in [0.1, 0.15) is 20.8 Å². The number of rotatable bonds is 5. The van der Waals surface area contributed by atoms with E-state index in [1.54, 1.807) is 6.92 Å². The van der Waals surface area contributed by atoms with Gasteiger partial charge in [-0.15, -0.1) is 0 Å². The molecular weight excluding hydrogens is 143 g/mol. The molecule has 0 aromatic carbocycles. The fourth-order valence-corrected chi connectivity index (χ4v) is 0.978. The van der Waals surface area contributed by atoms with Gasteiger partial charge in [0, 0.05) is 13.1 Å². The molecule has 0 radical (unpaired) electrons. The van der Waals surface area contributed by atoms with Gasteiger partial charge in [0.25, 0.3) is 0 Å². The Morgan fingerprint density at radius 1 is 1.36 bits per heavy atom. The van der Waals surface area contributed by atoms with Crippen molar-refractivity contribution < 1.29 is 4.39 Å². The van der Waals surface area contributed by atoms with Crippen LogP contribution < -0.4 is 5.73 Å². The number of nitrogens with zero attached hydrogens (tertiary/aromatic N) is 1. The summed E-state index contributed by atoms with van der Waals surface area (Å²) in [6.45, 7) is 7.91. The summed E-state index contributed by atoms with van der Waals surface area (Å²) in [5, 5.41) is 0. The first-order valence-corrected chi connectivity index (χ1v) is 4.17. The van der Waals surface area contributed by atoms with E-state index in [1.807, 2.05) is 18.7 Å². The van der Waals surface area contributed by atoms with Crippen molar-refractivity contribution in [2.45, 2.75) is 26.4 Å². The number of nitrogens with two attached hydrogens (primary N) is 1. The molecule has 0 saturated heterocycles. The zero-order valence-electron chi connectivity index (χ0n) is 7.73. The monoisotopic (exact) mass is 162 g/mol. The van der Waals surface area contributed by atoms with Crippen LogP contribution in [0, 0.1) is 0 Å². The molecule has 3 heteroatoms. The minimum atomic E-state index is -1.23. The highest BCUT2D eigenvalue weighted by atomic mass is 19.1. The van der Waals surface area contributed by atoms with Crippen LogP contribution in [-0.2, 0) is 0 Å². The van der Waals surface area contributed by atoms with Gasteiger partial charge in [0.1, 0.15) is 5.67 Å². The van der Waals surface area contributed by atoms with Gasteiger partial charge in [-0.2, -0.15) is 0 Å². The van der Waals surface area contributed by atoms with Crippen LogP contribution in [0.25, 0.3) is 0 Å². The average Bonchev–Trinajstić information content (AvgIpc) is 2.00. The number of hydrogen-bond donors (Lipinski definition) is 1. The van der Waals surface area contributed by atoms with Crippen LogP contribution in [0.4, 0.5) is 4.39 Å². The van der Waals surface area contributed by atoms with Gasteiger partial charge in [-0.1, -0.05) is 13.8 Å². The summed E-state index contributed by atoms with van der Waals surface area (Å²) < 4.78 is 13.3. The summed E-state index contributed by atoms with van der Waals surface area (Å²) >= 11 is 0. The van der Waals surface area contributed by atoms with Crippen molar-refractivity contribution in [3.63, 3.8) is 0 Å². The number of hydrogen-bond acceptors (Lipinski definition) is 2. The van der Waals surface area contributed by atoms with Crippen LogP contribution in [0.5, 0.6) is 0 Å². The molecule has 0 bridgehead atoms. The van der Waals surface area contributed by atoms with E-state index >= 15 is 0 Å². The second kappa shape index (κ2) is 4.67. The summed E-state index contributed by atoms with van der Waals surface area (Å²) in [5.41, 5.74) is 4.03. The maximum Gasteiger partial charge on any atom is 0.133 e. The Balaban J connectivity index is 3.79. The highest BCUT2D eigenvalue weighted by molar-refractivity contribution is 4.77. The summed E-state index contributed by atoms with van der Waals surface area (Å²) in [7, 11) is 0. The minimum absolute atomic E-state index is 0.101. The van der Waals surface area contributed by atoms with Gasteiger partial charge in [-0.3, -0.25) is 0 Å². The summed E-state index contributed by atoms with van der Waals surface area (Å²) in [4.78, 5) is 2.03. The standard InChI is InChI=1S/C8H19FN2/c1-4-11(5-2)7-8(3,9)6-10/h4-7,10H2,1-3H3. The Bertz CT molecular complexity index is 100. The summed E-state index contributed by atoms with van der Waals surface area (Å²) in [5.74, 6) is 0. The molecule has 0 spiro atoms. The average molecular weight is 162 g/mol. The molecule has 1 atom stereocenters. The molecular formula is C8H19FN2. The third-order valence-corrected chi connectivity index (χ3v) is 1.87. The van der Waals surface area contributed by atoms with Crippen molar-refractivity contribution in [1.29, 1.82) is 0 Å². The quantitative estimate of drug-likeness (QED) is 0.654. The molecule has 11 heavy (non-hydrogen) atoms. The minimum Gasteiger partial charge on any atom is -0.327 e. The first kappa shape index (κ1) is 10.8. The van der Waals surface area contributed by atoms with Crippen LogP contribution >= 0.6 is 0 Å². The third kappa shape index (κ3) is 4.32. The Labute approximate surface area is 68.6 Å².